The highest BCUT2D eigenvalue weighted by molar-refractivity contribution is 5.76. The number of ether oxygens (including phenoxy) is 2. The van der Waals surface area contributed by atoms with E-state index < -0.39 is 17.7 Å². The first-order chi connectivity index (χ1) is 6.58. The molecule has 1 aliphatic heterocycles. The lowest BCUT2D eigenvalue weighted by Gasteiger charge is -2.07. The third-order valence-electron chi connectivity index (χ3n) is 1.68. The van der Waals surface area contributed by atoms with E-state index in [2.05, 4.69) is 0 Å². The third-order valence-corrected chi connectivity index (χ3v) is 1.68. The van der Waals surface area contributed by atoms with Crippen LogP contribution in [0.5, 0.6) is 0 Å². The fraction of sp³-hybridized carbons (Fsp3) is 0.556. The third kappa shape index (κ3) is 3.18. The molecule has 1 N–H and O–H groups in total. The van der Waals surface area contributed by atoms with Gasteiger partial charge >= 0.3 is 11.9 Å². The molecule has 78 valence electrons. The number of carbonyl (C=O) groups is 2. The first-order valence-corrected chi connectivity index (χ1v) is 4.29. The van der Waals surface area contributed by atoms with E-state index in [-0.39, 0.29) is 12.8 Å². The molecule has 5 heteroatoms. The van der Waals surface area contributed by atoms with Gasteiger partial charge in [0, 0.05) is 0 Å². The minimum atomic E-state index is -1.02. The van der Waals surface area contributed by atoms with Gasteiger partial charge in [-0.05, 0) is 13.0 Å². The molecule has 1 unspecified atom stereocenters. The Morgan fingerprint density at radius 2 is 2.21 bits per heavy atom. The Balaban J connectivity index is 2.30. The minimum Gasteiger partial charge on any atom is -0.481 e. The number of esters is 1. The summed E-state index contributed by atoms with van der Waals surface area (Å²) >= 11 is 0. The van der Waals surface area contributed by atoms with Crippen molar-refractivity contribution < 1.29 is 24.2 Å². The number of carboxylic acids is 1. The number of hydrogen-bond acceptors (Lipinski definition) is 4. The number of allylic oxidation sites excluding steroid dienone is 1. The fourth-order valence-electron chi connectivity index (χ4n) is 0.967. The topological polar surface area (TPSA) is 76.1 Å². The van der Waals surface area contributed by atoms with E-state index >= 15 is 0 Å². The summed E-state index contributed by atoms with van der Waals surface area (Å²) in [7, 11) is 0. The fourth-order valence-corrected chi connectivity index (χ4v) is 0.967. The summed E-state index contributed by atoms with van der Waals surface area (Å²) in [5.74, 6) is -2.48. The smallest absolute Gasteiger partial charge is 0.309 e. The van der Waals surface area contributed by atoms with Crippen molar-refractivity contribution in [2.45, 2.75) is 25.6 Å². The SMILES string of the molecule is CC=CC1(OC(=O)CCC(=O)O)CO1. The summed E-state index contributed by atoms with van der Waals surface area (Å²) in [5, 5.41) is 8.33. The summed E-state index contributed by atoms with van der Waals surface area (Å²) in [4.78, 5) is 21.2. The molecule has 1 rings (SSSR count). The van der Waals surface area contributed by atoms with Crippen molar-refractivity contribution >= 4 is 11.9 Å². The quantitative estimate of drug-likeness (QED) is 0.401. The van der Waals surface area contributed by atoms with Gasteiger partial charge in [-0.1, -0.05) is 6.08 Å². The van der Waals surface area contributed by atoms with Crippen molar-refractivity contribution in [3.63, 3.8) is 0 Å². The van der Waals surface area contributed by atoms with Gasteiger partial charge in [-0.3, -0.25) is 9.59 Å². The molecule has 0 radical (unpaired) electrons. The van der Waals surface area contributed by atoms with Crippen molar-refractivity contribution in [2.24, 2.45) is 0 Å². The Morgan fingerprint density at radius 3 is 2.64 bits per heavy atom. The molecule has 1 saturated heterocycles. The van der Waals surface area contributed by atoms with Gasteiger partial charge in [-0.15, -0.1) is 0 Å². The largest absolute Gasteiger partial charge is 0.481 e. The second-order valence-electron chi connectivity index (χ2n) is 2.97. The maximum absolute atomic E-state index is 11.1. The van der Waals surface area contributed by atoms with E-state index in [0.29, 0.717) is 6.61 Å². The molecule has 0 aromatic carbocycles. The molecule has 0 saturated carbocycles. The summed E-state index contributed by atoms with van der Waals surface area (Å²) in [5.41, 5.74) is 0. The molecule has 0 bridgehead atoms. The Labute approximate surface area is 81.3 Å². The number of epoxide rings is 1. The van der Waals surface area contributed by atoms with E-state index in [1.54, 1.807) is 19.1 Å². The maximum Gasteiger partial charge on any atom is 0.309 e. The van der Waals surface area contributed by atoms with Crippen molar-refractivity contribution in [2.75, 3.05) is 6.61 Å². The molecule has 0 aromatic heterocycles. The van der Waals surface area contributed by atoms with Gasteiger partial charge in [0.2, 0.25) is 0 Å². The molecule has 1 heterocycles. The number of aliphatic carboxylic acids is 1. The summed E-state index contributed by atoms with van der Waals surface area (Å²) in [6, 6.07) is 0. The number of rotatable bonds is 5. The van der Waals surface area contributed by atoms with E-state index in [1.165, 1.54) is 0 Å². The molecule has 0 aliphatic carbocycles. The predicted molar refractivity (Wildman–Crippen MR) is 46.5 cm³/mol. The molecule has 5 nitrogen and oxygen atoms in total. The van der Waals surface area contributed by atoms with Gasteiger partial charge in [0.15, 0.2) is 0 Å². The van der Waals surface area contributed by atoms with Gasteiger partial charge in [0.25, 0.3) is 5.79 Å². The van der Waals surface area contributed by atoms with Crippen LogP contribution in [0.15, 0.2) is 12.2 Å². The van der Waals surface area contributed by atoms with Crippen molar-refractivity contribution in [3.05, 3.63) is 12.2 Å². The molecule has 1 aliphatic rings. The standard InChI is InChI=1S/C9H12O5/c1-2-5-9(6-13-9)14-8(12)4-3-7(10)11/h2,5H,3-4,6H2,1H3,(H,10,11). The van der Waals surface area contributed by atoms with Crippen LogP contribution in [0.2, 0.25) is 0 Å². The van der Waals surface area contributed by atoms with Gasteiger partial charge in [0.05, 0.1) is 12.8 Å². The van der Waals surface area contributed by atoms with E-state index in [4.69, 9.17) is 14.6 Å². The molecular formula is C9H12O5. The first-order valence-electron chi connectivity index (χ1n) is 4.29. The Bertz CT molecular complexity index is 264. The first kappa shape index (κ1) is 10.7. The summed E-state index contributed by atoms with van der Waals surface area (Å²) in [6.07, 6.45) is 3.01. The second kappa shape index (κ2) is 4.23. The Kier molecular flexibility index (Phi) is 3.24. The van der Waals surface area contributed by atoms with Gasteiger partial charge in [-0.25, -0.2) is 0 Å². The zero-order valence-electron chi connectivity index (χ0n) is 7.86. The lowest BCUT2D eigenvalue weighted by Crippen LogP contribution is -2.19. The molecular weight excluding hydrogens is 188 g/mol. The molecule has 0 aromatic rings. The van der Waals surface area contributed by atoms with Crippen LogP contribution < -0.4 is 0 Å². The van der Waals surface area contributed by atoms with Crippen LogP contribution in [0.3, 0.4) is 0 Å². The molecule has 0 spiro atoms. The van der Waals surface area contributed by atoms with E-state index in [9.17, 15) is 9.59 Å². The van der Waals surface area contributed by atoms with Crippen LogP contribution >= 0.6 is 0 Å². The van der Waals surface area contributed by atoms with Crippen LogP contribution in [-0.4, -0.2) is 29.4 Å². The average molecular weight is 200 g/mol. The maximum atomic E-state index is 11.1. The molecule has 1 fully saturated rings. The number of carboxylic acid groups (broad SMARTS) is 1. The molecule has 0 amide bonds. The van der Waals surface area contributed by atoms with Crippen molar-refractivity contribution in [1.29, 1.82) is 0 Å². The zero-order valence-corrected chi connectivity index (χ0v) is 7.86. The Hall–Kier alpha value is -1.36. The van der Waals surface area contributed by atoms with Crippen LogP contribution in [-0.2, 0) is 19.1 Å². The van der Waals surface area contributed by atoms with Crippen molar-refractivity contribution in [3.8, 4) is 0 Å². The number of carbonyl (C=O) groups excluding carboxylic acids is 1. The lowest BCUT2D eigenvalue weighted by atomic mass is 10.3. The monoisotopic (exact) mass is 200 g/mol. The van der Waals surface area contributed by atoms with Crippen LogP contribution in [0.25, 0.3) is 0 Å². The van der Waals surface area contributed by atoms with Gasteiger partial charge in [-0.2, -0.15) is 0 Å². The van der Waals surface area contributed by atoms with E-state index in [1.807, 2.05) is 0 Å². The molecule has 1 atom stereocenters. The average Bonchev–Trinajstić information content (AvgIpc) is 2.82. The van der Waals surface area contributed by atoms with Gasteiger partial charge < -0.3 is 14.6 Å². The predicted octanol–water partition coefficient (Wildman–Crippen LogP) is 0.697. The zero-order chi connectivity index (χ0) is 10.6. The summed E-state index contributed by atoms with van der Waals surface area (Å²) < 4.78 is 9.87. The summed E-state index contributed by atoms with van der Waals surface area (Å²) in [6.45, 7) is 2.13. The van der Waals surface area contributed by atoms with E-state index in [0.717, 1.165) is 0 Å². The highest BCUT2D eigenvalue weighted by atomic mass is 16.8. The lowest BCUT2D eigenvalue weighted by molar-refractivity contribution is -0.156. The van der Waals surface area contributed by atoms with Crippen LogP contribution in [0.4, 0.5) is 0 Å². The Morgan fingerprint density at radius 1 is 1.57 bits per heavy atom. The minimum absolute atomic E-state index is 0.127. The highest BCUT2D eigenvalue weighted by Gasteiger charge is 2.46. The number of hydrogen-bond donors (Lipinski definition) is 1. The van der Waals surface area contributed by atoms with Crippen LogP contribution in [0.1, 0.15) is 19.8 Å². The highest BCUT2D eigenvalue weighted by Crippen LogP contribution is 2.30. The normalized spacial score (nSPS) is 24.9. The second-order valence-corrected chi connectivity index (χ2v) is 2.97. The van der Waals surface area contributed by atoms with Gasteiger partial charge in [0.1, 0.15) is 6.61 Å². The van der Waals surface area contributed by atoms with Crippen LogP contribution in [0, 0.1) is 0 Å². The molecule has 14 heavy (non-hydrogen) atoms. The van der Waals surface area contributed by atoms with Crippen molar-refractivity contribution in [1.82, 2.24) is 0 Å².